The highest BCUT2D eigenvalue weighted by atomic mass is 16.3. The summed E-state index contributed by atoms with van der Waals surface area (Å²) in [5.41, 5.74) is 5.29. The summed E-state index contributed by atoms with van der Waals surface area (Å²) in [5, 5.41) is 49.1. The number of hydrogen-bond acceptors (Lipinski definition) is 6. The van der Waals surface area contributed by atoms with Crippen LogP contribution in [0.3, 0.4) is 0 Å². The smallest absolute Gasteiger partial charge is 0.0824 e. The van der Waals surface area contributed by atoms with Crippen LogP contribution in [0.1, 0.15) is 72.1 Å². The minimum Gasteiger partial charge on any atom is -0.392 e. The van der Waals surface area contributed by atoms with Crippen molar-refractivity contribution in [2.45, 2.75) is 103 Å². The Labute approximate surface area is 153 Å². The SMILES string of the molecule is CCC(C)C(O)C(O)CC(C)CCCCCC(O)C(O)CC(O)CN. The highest BCUT2D eigenvalue weighted by Crippen LogP contribution is 2.21. The molecule has 6 heteroatoms. The predicted molar refractivity (Wildman–Crippen MR) is 100 cm³/mol. The van der Waals surface area contributed by atoms with E-state index in [0.29, 0.717) is 18.8 Å². The Kier molecular flexibility index (Phi) is 13.8. The first-order valence-electron chi connectivity index (χ1n) is 9.83. The van der Waals surface area contributed by atoms with E-state index in [1.807, 2.05) is 13.8 Å². The third-order valence-electron chi connectivity index (χ3n) is 5.19. The molecule has 7 atom stereocenters. The topological polar surface area (TPSA) is 127 Å². The fourth-order valence-corrected chi connectivity index (χ4v) is 3.04. The van der Waals surface area contributed by atoms with Crippen LogP contribution < -0.4 is 5.73 Å². The largest absolute Gasteiger partial charge is 0.392 e. The second kappa shape index (κ2) is 13.9. The Bertz CT molecular complexity index is 318. The lowest BCUT2D eigenvalue weighted by Crippen LogP contribution is -2.33. The Morgan fingerprint density at radius 1 is 0.760 bits per heavy atom. The van der Waals surface area contributed by atoms with E-state index in [1.165, 1.54) is 0 Å². The van der Waals surface area contributed by atoms with Crippen molar-refractivity contribution in [1.29, 1.82) is 0 Å². The van der Waals surface area contributed by atoms with Gasteiger partial charge >= 0.3 is 0 Å². The molecular formula is C19H41NO5. The number of unbranched alkanes of at least 4 members (excludes halogenated alkanes) is 2. The summed E-state index contributed by atoms with van der Waals surface area (Å²) < 4.78 is 0. The molecule has 0 rings (SSSR count). The molecule has 0 radical (unpaired) electrons. The molecule has 6 nitrogen and oxygen atoms in total. The first kappa shape index (κ1) is 24.8. The van der Waals surface area contributed by atoms with Crippen molar-refractivity contribution in [1.82, 2.24) is 0 Å². The van der Waals surface area contributed by atoms with E-state index >= 15 is 0 Å². The molecule has 152 valence electrons. The van der Waals surface area contributed by atoms with E-state index < -0.39 is 30.5 Å². The maximum atomic E-state index is 10.1. The van der Waals surface area contributed by atoms with Gasteiger partial charge in [-0.15, -0.1) is 0 Å². The van der Waals surface area contributed by atoms with E-state index in [0.717, 1.165) is 32.1 Å². The molecule has 0 bridgehead atoms. The molecule has 0 aromatic heterocycles. The van der Waals surface area contributed by atoms with Crippen LogP contribution in [0.5, 0.6) is 0 Å². The van der Waals surface area contributed by atoms with Gasteiger partial charge in [0.05, 0.1) is 30.5 Å². The van der Waals surface area contributed by atoms with Crippen LogP contribution in [-0.2, 0) is 0 Å². The third kappa shape index (κ3) is 11.2. The van der Waals surface area contributed by atoms with Gasteiger partial charge in [0.15, 0.2) is 0 Å². The number of aliphatic hydroxyl groups is 5. The zero-order chi connectivity index (χ0) is 19.4. The van der Waals surface area contributed by atoms with Gasteiger partial charge in [-0.1, -0.05) is 52.9 Å². The van der Waals surface area contributed by atoms with Crippen molar-refractivity contribution in [2.75, 3.05) is 6.54 Å². The maximum Gasteiger partial charge on any atom is 0.0824 e. The van der Waals surface area contributed by atoms with Gasteiger partial charge in [-0.05, 0) is 24.7 Å². The highest BCUT2D eigenvalue weighted by Gasteiger charge is 2.23. The Morgan fingerprint density at radius 3 is 1.92 bits per heavy atom. The van der Waals surface area contributed by atoms with Crippen molar-refractivity contribution in [3.63, 3.8) is 0 Å². The van der Waals surface area contributed by atoms with E-state index in [9.17, 15) is 25.5 Å². The maximum absolute atomic E-state index is 10.1. The zero-order valence-corrected chi connectivity index (χ0v) is 16.2. The summed E-state index contributed by atoms with van der Waals surface area (Å²) in [6, 6.07) is 0. The lowest BCUT2D eigenvalue weighted by Gasteiger charge is -2.25. The monoisotopic (exact) mass is 363 g/mol. The van der Waals surface area contributed by atoms with Crippen molar-refractivity contribution >= 4 is 0 Å². The predicted octanol–water partition coefficient (Wildman–Crippen LogP) is 1.16. The molecule has 0 heterocycles. The molecule has 0 aliphatic heterocycles. The minimum atomic E-state index is -0.935. The molecule has 0 aromatic carbocycles. The summed E-state index contributed by atoms with van der Waals surface area (Å²) in [7, 11) is 0. The number of nitrogens with two attached hydrogens (primary N) is 1. The quantitative estimate of drug-likeness (QED) is 0.242. The fourth-order valence-electron chi connectivity index (χ4n) is 3.04. The normalized spacial score (nSPS) is 20.5. The van der Waals surface area contributed by atoms with Gasteiger partial charge in [0.1, 0.15) is 0 Å². The minimum absolute atomic E-state index is 0.0826. The molecule has 0 saturated carbocycles. The van der Waals surface area contributed by atoms with E-state index in [2.05, 4.69) is 6.92 Å². The van der Waals surface area contributed by atoms with Crippen LogP contribution in [0.25, 0.3) is 0 Å². The van der Waals surface area contributed by atoms with Gasteiger partial charge in [0.25, 0.3) is 0 Å². The molecule has 0 aliphatic carbocycles. The van der Waals surface area contributed by atoms with Gasteiger partial charge in [-0.25, -0.2) is 0 Å². The van der Waals surface area contributed by atoms with Crippen LogP contribution in [-0.4, -0.2) is 62.6 Å². The lowest BCUT2D eigenvalue weighted by atomic mass is 9.89. The van der Waals surface area contributed by atoms with E-state index in [4.69, 9.17) is 5.73 Å². The number of rotatable bonds is 15. The average Bonchev–Trinajstić information content (AvgIpc) is 2.59. The Hall–Kier alpha value is -0.240. The Balaban J connectivity index is 3.83. The first-order valence-corrected chi connectivity index (χ1v) is 9.83. The molecule has 7 unspecified atom stereocenters. The van der Waals surface area contributed by atoms with E-state index in [1.54, 1.807) is 0 Å². The summed E-state index contributed by atoms with van der Waals surface area (Å²) in [4.78, 5) is 0. The van der Waals surface area contributed by atoms with Crippen molar-refractivity contribution in [3.8, 4) is 0 Å². The third-order valence-corrected chi connectivity index (χ3v) is 5.19. The summed E-state index contributed by atoms with van der Waals surface area (Å²) in [6.45, 7) is 6.12. The van der Waals surface area contributed by atoms with Crippen molar-refractivity contribution in [3.05, 3.63) is 0 Å². The first-order chi connectivity index (χ1) is 11.7. The highest BCUT2D eigenvalue weighted by molar-refractivity contribution is 4.75. The second-order valence-corrected chi connectivity index (χ2v) is 7.68. The van der Waals surface area contributed by atoms with Crippen LogP contribution in [0.15, 0.2) is 0 Å². The Morgan fingerprint density at radius 2 is 1.36 bits per heavy atom. The van der Waals surface area contributed by atoms with Crippen LogP contribution in [0.4, 0.5) is 0 Å². The number of hydrogen-bond donors (Lipinski definition) is 6. The molecule has 0 fully saturated rings. The summed E-state index contributed by atoms with van der Waals surface area (Å²) in [6.07, 6.45) is 1.89. The second-order valence-electron chi connectivity index (χ2n) is 7.68. The fraction of sp³-hybridized carbons (Fsp3) is 1.00. The van der Waals surface area contributed by atoms with Gasteiger partial charge in [0.2, 0.25) is 0 Å². The molecule has 7 N–H and O–H groups in total. The number of aliphatic hydroxyl groups excluding tert-OH is 5. The molecular weight excluding hydrogens is 322 g/mol. The molecule has 0 aromatic rings. The average molecular weight is 364 g/mol. The van der Waals surface area contributed by atoms with Gasteiger partial charge in [-0.2, -0.15) is 0 Å². The molecule has 25 heavy (non-hydrogen) atoms. The standard InChI is InChI=1S/C19H41NO5/c1-4-14(3)19(25)18(24)10-13(2)8-6-5-7-9-16(22)17(23)11-15(21)12-20/h13-19,21-25H,4-12,20H2,1-3H3. The zero-order valence-electron chi connectivity index (χ0n) is 16.2. The molecule has 0 saturated heterocycles. The van der Waals surface area contributed by atoms with Gasteiger partial charge in [-0.3, -0.25) is 0 Å². The van der Waals surface area contributed by atoms with E-state index in [-0.39, 0.29) is 18.9 Å². The molecule has 0 amide bonds. The van der Waals surface area contributed by atoms with Crippen molar-refractivity contribution < 1.29 is 25.5 Å². The molecule has 0 aliphatic rings. The van der Waals surface area contributed by atoms with Crippen LogP contribution >= 0.6 is 0 Å². The summed E-state index contributed by atoms with van der Waals surface area (Å²) in [5.74, 6) is 0.442. The summed E-state index contributed by atoms with van der Waals surface area (Å²) >= 11 is 0. The lowest BCUT2D eigenvalue weighted by molar-refractivity contribution is -0.0248. The van der Waals surface area contributed by atoms with Crippen molar-refractivity contribution in [2.24, 2.45) is 17.6 Å². The van der Waals surface area contributed by atoms with Gasteiger partial charge < -0.3 is 31.3 Å². The molecule has 0 spiro atoms. The van der Waals surface area contributed by atoms with Crippen LogP contribution in [0, 0.1) is 11.8 Å². The van der Waals surface area contributed by atoms with Gasteiger partial charge in [0, 0.05) is 13.0 Å². The van der Waals surface area contributed by atoms with Crippen LogP contribution in [0.2, 0.25) is 0 Å².